The van der Waals surface area contributed by atoms with Crippen LogP contribution in [0.5, 0.6) is 0 Å². The highest BCUT2D eigenvalue weighted by Gasteiger charge is 2.38. The van der Waals surface area contributed by atoms with E-state index in [9.17, 15) is 0 Å². The summed E-state index contributed by atoms with van der Waals surface area (Å²) in [5.41, 5.74) is 0.211. The van der Waals surface area contributed by atoms with Gasteiger partial charge in [0.25, 0.3) is 0 Å². The molecule has 0 aromatic heterocycles. The Morgan fingerprint density at radius 3 is 2.50 bits per heavy atom. The molecular formula is C16H29IO. The number of hydrogen-bond donors (Lipinski definition) is 0. The molecule has 106 valence electrons. The normalized spacial score (nSPS) is 46.0. The Morgan fingerprint density at radius 1 is 1.11 bits per heavy atom. The van der Waals surface area contributed by atoms with Crippen molar-refractivity contribution >= 4 is 22.6 Å². The van der Waals surface area contributed by atoms with Gasteiger partial charge in [-0.05, 0) is 49.9 Å². The maximum atomic E-state index is 6.65. The highest BCUT2D eigenvalue weighted by atomic mass is 127. The van der Waals surface area contributed by atoms with E-state index in [2.05, 4.69) is 43.4 Å². The second kappa shape index (κ2) is 6.43. The topological polar surface area (TPSA) is 9.23 Å². The fourth-order valence-electron chi connectivity index (χ4n) is 3.83. The molecule has 2 aliphatic rings. The van der Waals surface area contributed by atoms with Crippen LogP contribution >= 0.6 is 22.6 Å². The fraction of sp³-hybridized carbons (Fsp3) is 1.00. The third kappa shape index (κ3) is 3.62. The highest BCUT2D eigenvalue weighted by Crippen LogP contribution is 2.40. The van der Waals surface area contributed by atoms with E-state index in [1.807, 2.05) is 0 Å². The molecule has 0 saturated heterocycles. The lowest BCUT2D eigenvalue weighted by Crippen LogP contribution is -2.44. The van der Waals surface area contributed by atoms with Crippen molar-refractivity contribution in [3.63, 3.8) is 0 Å². The lowest BCUT2D eigenvalue weighted by Gasteiger charge is -2.43. The van der Waals surface area contributed by atoms with Gasteiger partial charge in [-0.3, -0.25) is 0 Å². The van der Waals surface area contributed by atoms with Crippen molar-refractivity contribution in [3.05, 3.63) is 0 Å². The minimum Gasteiger partial charge on any atom is -0.371 e. The van der Waals surface area contributed by atoms with Crippen LogP contribution in [0.15, 0.2) is 0 Å². The van der Waals surface area contributed by atoms with Gasteiger partial charge in [-0.2, -0.15) is 0 Å². The highest BCUT2D eigenvalue weighted by molar-refractivity contribution is 14.1. The first-order valence-corrected chi connectivity index (χ1v) is 9.31. The molecule has 5 unspecified atom stereocenters. The molecule has 0 aliphatic heterocycles. The molecule has 0 bridgehead atoms. The first-order chi connectivity index (χ1) is 8.54. The molecule has 2 rings (SSSR count). The van der Waals surface area contributed by atoms with Crippen LogP contribution in [-0.4, -0.2) is 16.1 Å². The van der Waals surface area contributed by atoms with E-state index < -0.39 is 0 Å². The SMILES string of the molecule is CC1CCCC(CI)(OC2CCC(C)C(C)C2)C1. The van der Waals surface area contributed by atoms with E-state index in [1.165, 1.54) is 49.4 Å². The van der Waals surface area contributed by atoms with Crippen molar-refractivity contribution in [2.75, 3.05) is 4.43 Å². The summed E-state index contributed by atoms with van der Waals surface area (Å²) in [6.45, 7) is 7.20. The minimum absolute atomic E-state index is 0.211. The van der Waals surface area contributed by atoms with E-state index in [4.69, 9.17) is 4.74 Å². The molecule has 2 saturated carbocycles. The summed E-state index contributed by atoms with van der Waals surface area (Å²) in [5.74, 6) is 2.59. The van der Waals surface area contributed by atoms with Gasteiger partial charge < -0.3 is 4.74 Å². The van der Waals surface area contributed by atoms with E-state index in [-0.39, 0.29) is 5.60 Å². The molecule has 2 fully saturated rings. The zero-order valence-corrected chi connectivity index (χ0v) is 14.4. The molecule has 2 aliphatic carbocycles. The number of halogens is 1. The average molecular weight is 364 g/mol. The summed E-state index contributed by atoms with van der Waals surface area (Å²) in [6, 6.07) is 0. The Bertz CT molecular complexity index is 268. The third-order valence-corrected chi connectivity index (χ3v) is 6.65. The predicted molar refractivity (Wildman–Crippen MR) is 86.3 cm³/mol. The zero-order chi connectivity index (χ0) is 13.2. The molecule has 0 radical (unpaired) electrons. The van der Waals surface area contributed by atoms with Gasteiger partial charge in [-0.15, -0.1) is 0 Å². The van der Waals surface area contributed by atoms with Crippen molar-refractivity contribution in [1.29, 1.82) is 0 Å². The Morgan fingerprint density at radius 2 is 1.89 bits per heavy atom. The molecule has 0 N–H and O–H groups in total. The Balaban J connectivity index is 1.93. The first-order valence-electron chi connectivity index (χ1n) is 7.78. The monoisotopic (exact) mass is 364 g/mol. The Hall–Kier alpha value is 0.690. The number of hydrogen-bond acceptors (Lipinski definition) is 1. The van der Waals surface area contributed by atoms with Crippen molar-refractivity contribution < 1.29 is 4.74 Å². The van der Waals surface area contributed by atoms with Crippen LogP contribution in [0, 0.1) is 17.8 Å². The summed E-state index contributed by atoms with van der Waals surface area (Å²) in [5, 5.41) is 0. The summed E-state index contributed by atoms with van der Waals surface area (Å²) in [7, 11) is 0. The number of alkyl halides is 1. The molecule has 0 aromatic carbocycles. The lowest BCUT2D eigenvalue weighted by molar-refractivity contribution is -0.124. The lowest BCUT2D eigenvalue weighted by atomic mass is 9.77. The molecule has 0 heterocycles. The van der Waals surface area contributed by atoms with Crippen LogP contribution in [0.3, 0.4) is 0 Å². The van der Waals surface area contributed by atoms with Crippen LogP contribution in [0.2, 0.25) is 0 Å². The molecule has 1 nitrogen and oxygen atoms in total. The maximum absolute atomic E-state index is 6.65. The van der Waals surface area contributed by atoms with E-state index in [0.29, 0.717) is 6.10 Å². The summed E-state index contributed by atoms with van der Waals surface area (Å²) in [4.78, 5) is 0. The van der Waals surface area contributed by atoms with Crippen molar-refractivity contribution in [1.82, 2.24) is 0 Å². The van der Waals surface area contributed by atoms with Gasteiger partial charge in [0.1, 0.15) is 0 Å². The van der Waals surface area contributed by atoms with Crippen LogP contribution < -0.4 is 0 Å². The summed E-state index contributed by atoms with van der Waals surface area (Å²) < 4.78 is 7.83. The quantitative estimate of drug-likeness (QED) is 0.493. The van der Waals surface area contributed by atoms with Crippen molar-refractivity contribution in [3.8, 4) is 0 Å². The van der Waals surface area contributed by atoms with E-state index in [1.54, 1.807) is 0 Å². The first kappa shape index (κ1) is 15.1. The Labute approximate surface area is 127 Å². The predicted octanol–water partition coefficient (Wildman–Crippen LogP) is 5.21. The van der Waals surface area contributed by atoms with Gasteiger partial charge >= 0.3 is 0 Å². The van der Waals surface area contributed by atoms with Gasteiger partial charge in [-0.1, -0.05) is 56.2 Å². The van der Waals surface area contributed by atoms with Gasteiger partial charge in [0, 0.05) is 4.43 Å². The molecule has 0 spiro atoms. The van der Waals surface area contributed by atoms with Crippen LogP contribution in [0.4, 0.5) is 0 Å². The second-order valence-electron chi connectivity index (χ2n) is 7.03. The van der Waals surface area contributed by atoms with Gasteiger partial charge in [0.15, 0.2) is 0 Å². The zero-order valence-electron chi connectivity index (χ0n) is 12.3. The van der Waals surface area contributed by atoms with Gasteiger partial charge in [0.2, 0.25) is 0 Å². The van der Waals surface area contributed by atoms with Crippen LogP contribution in [0.1, 0.15) is 65.7 Å². The number of rotatable bonds is 3. The maximum Gasteiger partial charge on any atom is 0.0777 e. The standard InChI is InChI=1S/C16H29IO/c1-12-5-4-8-16(10-12,11-17)18-15-7-6-13(2)14(3)9-15/h12-15H,4-11H2,1-3H3. The third-order valence-electron chi connectivity index (χ3n) is 5.26. The summed E-state index contributed by atoms with van der Waals surface area (Å²) in [6.07, 6.45) is 9.82. The van der Waals surface area contributed by atoms with Gasteiger partial charge in [-0.25, -0.2) is 0 Å². The molecule has 2 heteroatoms. The molecule has 18 heavy (non-hydrogen) atoms. The molecule has 5 atom stereocenters. The van der Waals surface area contributed by atoms with Crippen LogP contribution in [-0.2, 0) is 4.74 Å². The minimum atomic E-state index is 0.211. The van der Waals surface area contributed by atoms with E-state index in [0.717, 1.165) is 17.8 Å². The molecular weight excluding hydrogens is 335 g/mol. The van der Waals surface area contributed by atoms with E-state index >= 15 is 0 Å². The van der Waals surface area contributed by atoms with Crippen molar-refractivity contribution in [2.24, 2.45) is 17.8 Å². The molecule has 0 amide bonds. The van der Waals surface area contributed by atoms with Crippen molar-refractivity contribution in [2.45, 2.75) is 77.4 Å². The second-order valence-corrected chi connectivity index (χ2v) is 7.79. The number of ether oxygens (including phenoxy) is 1. The Kier molecular flexibility index (Phi) is 5.39. The summed E-state index contributed by atoms with van der Waals surface area (Å²) >= 11 is 2.55. The average Bonchev–Trinajstić information content (AvgIpc) is 2.34. The largest absolute Gasteiger partial charge is 0.371 e. The van der Waals surface area contributed by atoms with Crippen LogP contribution in [0.25, 0.3) is 0 Å². The fourth-order valence-corrected chi connectivity index (χ4v) is 4.70. The van der Waals surface area contributed by atoms with Gasteiger partial charge in [0.05, 0.1) is 11.7 Å². The smallest absolute Gasteiger partial charge is 0.0777 e. The molecule has 0 aromatic rings.